The van der Waals surface area contributed by atoms with Gasteiger partial charge in [0.05, 0.1) is 12.5 Å². The molecule has 1 aromatic rings. The van der Waals surface area contributed by atoms with E-state index in [4.69, 9.17) is 0 Å². The van der Waals surface area contributed by atoms with Crippen molar-refractivity contribution in [2.24, 2.45) is 0 Å². The van der Waals surface area contributed by atoms with Crippen molar-refractivity contribution in [3.8, 4) is 0 Å². The van der Waals surface area contributed by atoms with Crippen molar-refractivity contribution in [2.45, 2.75) is 142 Å². The largest absolute Gasteiger partial charge is 0.481 e. The molecule has 4 N–H and O–H groups in total. The summed E-state index contributed by atoms with van der Waals surface area (Å²) in [5, 5.41) is 18.1. The van der Waals surface area contributed by atoms with E-state index in [0.717, 1.165) is 38.5 Å². The lowest BCUT2D eigenvalue weighted by molar-refractivity contribution is -0.138. The standard InChI is InChI=1S/C33H55N3O5/c1-3-5-7-8-9-10-11-12-17-24-31(38)35-28(22-18-19-25-34-30(37)23-14-6-4-2)33(41)36-29(26-32(39)40)27-20-15-13-16-21-27/h13,15-16,20-21,28-29H,3-12,14,17-19,22-26H2,1-2H3,(H,34,37)(H,35,38)(H,36,41)(H,39,40). The van der Waals surface area contributed by atoms with Crippen LogP contribution in [0.1, 0.15) is 141 Å². The number of carbonyl (C=O) groups excluding carboxylic acids is 3. The molecule has 0 aliphatic carbocycles. The average molecular weight is 574 g/mol. The average Bonchev–Trinajstić information content (AvgIpc) is 2.95. The highest BCUT2D eigenvalue weighted by Crippen LogP contribution is 2.17. The van der Waals surface area contributed by atoms with Crippen LogP contribution in [-0.4, -0.2) is 41.4 Å². The second-order valence-corrected chi connectivity index (χ2v) is 11.1. The van der Waals surface area contributed by atoms with Crippen LogP contribution < -0.4 is 16.0 Å². The molecule has 0 aliphatic rings. The van der Waals surface area contributed by atoms with Gasteiger partial charge in [0.2, 0.25) is 17.7 Å². The Kier molecular flexibility index (Phi) is 20.9. The molecule has 0 saturated heterocycles. The van der Waals surface area contributed by atoms with Gasteiger partial charge in [0.1, 0.15) is 6.04 Å². The summed E-state index contributed by atoms with van der Waals surface area (Å²) in [4.78, 5) is 49.5. The molecule has 41 heavy (non-hydrogen) atoms. The zero-order valence-electron chi connectivity index (χ0n) is 25.6. The van der Waals surface area contributed by atoms with E-state index in [-0.39, 0.29) is 24.1 Å². The molecule has 0 saturated carbocycles. The van der Waals surface area contributed by atoms with Gasteiger partial charge in [-0.25, -0.2) is 0 Å². The molecule has 0 heterocycles. The number of unbranched alkanes of at least 4 members (excludes halogenated alkanes) is 11. The summed E-state index contributed by atoms with van der Waals surface area (Å²) in [5.74, 6) is -1.52. The van der Waals surface area contributed by atoms with Gasteiger partial charge in [-0.1, -0.05) is 108 Å². The van der Waals surface area contributed by atoms with Gasteiger partial charge >= 0.3 is 5.97 Å². The van der Waals surface area contributed by atoms with E-state index in [2.05, 4.69) is 29.8 Å². The van der Waals surface area contributed by atoms with Crippen LogP contribution in [0.25, 0.3) is 0 Å². The summed E-state index contributed by atoms with van der Waals surface area (Å²) in [6, 6.07) is 7.56. The molecule has 1 rings (SSSR count). The van der Waals surface area contributed by atoms with Crippen LogP contribution in [0.4, 0.5) is 0 Å². The zero-order valence-corrected chi connectivity index (χ0v) is 25.6. The molecule has 0 bridgehead atoms. The fourth-order valence-electron chi connectivity index (χ4n) is 4.84. The third kappa shape index (κ3) is 19.0. The van der Waals surface area contributed by atoms with Crippen molar-refractivity contribution >= 4 is 23.7 Å². The number of benzene rings is 1. The van der Waals surface area contributed by atoms with Gasteiger partial charge in [-0.05, 0) is 37.7 Å². The molecule has 1 aromatic carbocycles. The second kappa shape index (κ2) is 23.8. The number of hydrogen-bond donors (Lipinski definition) is 4. The van der Waals surface area contributed by atoms with E-state index in [1.807, 2.05) is 6.07 Å². The Hall–Kier alpha value is -2.90. The van der Waals surface area contributed by atoms with Crippen molar-refractivity contribution in [1.82, 2.24) is 16.0 Å². The molecule has 232 valence electrons. The molecule has 8 nitrogen and oxygen atoms in total. The van der Waals surface area contributed by atoms with Crippen LogP contribution in [0.15, 0.2) is 30.3 Å². The van der Waals surface area contributed by atoms with Crippen LogP contribution in [0.5, 0.6) is 0 Å². The highest BCUT2D eigenvalue weighted by Gasteiger charge is 2.25. The predicted octanol–water partition coefficient (Wildman–Crippen LogP) is 6.59. The van der Waals surface area contributed by atoms with E-state index < -0.39 is 18.1 Å². The van der Waals surface area contributed by atoms with E-state index >= 15 is 0 Å². The summed E-state index contributed by atoms with van der Waals surface area (Å²) in [5.41, 5.74) is 0.703. The Morgan fingerprint density at radius 1 is 0.683 bits per heavy atom. The quantitative estimate of drug-likeness (QED) is 0.0982. The van der Waals surface area contributed by atoms with Gasteiger partial charge in [-0.15, -0.1) is 0 Å². The predicted molar refractivity (Wildman–Crippen MR) is 164 cm³/mol. The van der Waals surface area contributed by atoms with Crippen LogP contribution in [0.3, 0.4) is 0 Å². The number of amides is 3. The summed E-state index contributed by atoms with van der Waals surface area (Å²) in [6.45, 7) is 4.84. The van der Waals surface area contributed by atoms with Crippen molar-refractivity contribution in [3.05, 3.63) is 35.9 Å². The summed E-state index contributed by atoms with van der Waals surface area (Å²) < 4.78 is 0. The molecule has 0 aliphatic heterocycles. The molecule has 0 spiro atoms. The summed E-state index contributed by atoms with van der Waals surface area (Å²) in [7, 11) is 0. The number of carboxylic acid groups (broad SMARTS) is 1. The van der Waals surface area contributed by atoms with Crippen LogP contribution >= 0.6 is 0 Å². The monoisotopic (exact) mass is 573 g/mol. The van der Waals surface area contributed by atoms with E-state index in [1.165, 1.54) is 38.5 Å². The number of aliphatic carboxylic acids is 1. The Balaban J connectivity index is 2.62. The number of carboxylic acids is 1. The zero-order chi connectivity index (χ0) is 30.1. The van der Waals surface area contributed by atoms with Crippen LogP contribution in [0.2, 0.25) is 0 Å². The second-order valence-electron chi connectivity index (χ2n) is 11.1. The minimum absolute atomic E-state index is 0.0429. The molecule has 3 amide bonds. The molecular weight excluding hydrogens is 518 g/mol. The van der Waals surface area contributed by atoms with Gasteiger partial charge < -0.3 is 21.1 Å². The van der Waals surface area contributed by atoms with Crippen molar-refractivity contribution in [2.75, 3.05) is 6.54 Å². The van der Waals surface area contributed by atoms with Crippen molar-refractivity contribution < 1.29 is 24.3 Å². The first-order valence-electron chi connectivity index (χ1n) is 16.0. The fourth-order valence-corrected chi connectivity index (χ4v) is 4.84. The number of carbonyl (C=O) groups is 4. The van der Waals surface area contributed by atoms with Gasteiger partial charge in [0.15, 0.2) is 0 Å². The molecule has 2 atom stereocenters. The number of hydrogen-bond acceptors (Lipinski definition) is 4. The Bertz CT molecular complexity index is 862. The highest BCUT2D eigenvalue weighted by molar-refractivity contribution is 5.88. The minimum Gasteiger partial charge on any atom is -0.481 e. The van der Waals surface area contributed by atoms with E-state index in [1.54, 1.807) is 24.3 Å². The molecule has 8 heteroatoms. The first-order valence-corrected chi connectivity index (χ1v) is 16.0. The van der Waals surface area contributed by atoms with Crippen molar-refractivity contribution in [1.29, 1.82) is 0 Å². The maximum atomic E-state index is 13.3. The first-order chi connectivity index (χ1) is 19.9. The highest BCUT2D eigenvalue weighted by atomic mass is 16.4. The molecule has 2 unspecified atom stereocenters. The number of rotatable bonds is 25. The molecule has 0 radical (unpaired) electrons. The van der Waals surface area contributed by atoms with Crippen LogP contribution in [-0.2, 0) is 19.2 Å². The lowest BCUT2D eigenvalue weighted by atomic mass is 10.0. The van der Waals surface area contributed by atoms with E-state index in [9.17, 15) is 24.3 Å². The Morgan fingerprint density at radius 3 is 1.88 bits per heavy atom. The fraction of sp³-hybridized carbons (Fsp3) is 0.697. The number of nitrogens with one attached hydrogen (secondary N) is 3. The normalized spacial score (nSPS) is 12.3. The first kappa shape index (κ1) is 36.1. The SMILES string of the molecule is CCCCCCCCCCCC(=O)NC(CCCCNC(=O)CCCCC)C(=O)NC(CC(=O)O)c1ccccc1. The third-order valence-electron chi connectivity index (χ3n) is 7.31. The molecule has 0 fully saturated rings. The topological polar surface area (TPSA) is 125 Å². The Morgan fingerprint density at radius 2 is 1.24 bits per heavy atom. The van der Waals surface area contributed by atoms with E-state index in [0.29, 0.717) is 44.2 Å². The van der Waals surface area contributed by atoms with Gasteiger partial charge in [0, 0.05) is 19.4 Å². The molecular formula is C33H55N3O5. The van der Waals surface area contributed by atoms with Crippen molar-refractivity contribution in [3.63, 3.8) is 0 Å². The summed E-state index contributed by atoms with van der Waals surface area (Å²) >= 11 is 0. The lowest BCUT2D eigenvalue weighted by Gasteiger charge is -2.23. The Labute approximate surface area is 247 Å². The van der Waals surface area contributed by atoms with Gasteiger partial charge in [-0.3, -0.25) is 19.2 Å². The third-order valence-corrected chi connectivity index (χ3v) is 7.31. The smallest absolute Gasteiger partial charge is 0.305 e. The maximum Gasteiger partial charge on any atom is 0.305 e. The summed E-state index contributed by atoms with van der Waals surface area (Å²) in [6.07, 6.45) is 15.8. The maximum absolute atomic E-state index is 13.3. The van der Waals surface area contributed by atoms with Gasteiger partial charge in [0.25, 0.3) is 0 Å². The van der Waals surface area contributed by atoms with Gasteiger partial charge in [-0.2, -0.15) is 0 Å². The van der Waals surface area contributed by atoms with Crippen LogP contribution in [0, 0.1) is 0 Å². The molecule has 0 aromatic heterocycles. The minimum atomic E-state index is -1.01. The lowest BCUT2D eigenvalue weighted by Crippen LogP contribution is -2.48.